The highest BCUT2D eigenvalue weighted by atomic mass is 16.5. The van der Waals surface area contributed by atoms with Gasteiger partial charge in [-0.15, -0.1) is 0 Å². The minimum atomic E-state index is -0.249. The Hall–Kier alpha value is -4.32. The molecule has 1 saturated heterocycles. The predicted octanol–water partition coefficient (Wildman–Crippen LogP) is 5.79. The van der Waals surface area contributed by atoms with Gasteiger partial charge in [-0.05, 0) is 77.2 Å². The van der Waals surface area contributed by atoms with E-state index in [9.17, 15) is 4.79 Å². The molecule has 0 aromatic heterocycles. The first-order chi connectivity index (χ1) is 17.7. The molecular weight excluding hydrogens is 450 g/mol. The van der Waals surface area contributed by atoms with Crippen LogP contribution in [0.1, 0.15) is 34.3 Å². The second-order valence-corrected chi connectivity index (χ2v) is 8.78. The van der Waals surface area contributed by atoms with Gasteiger partial charge < -0.3 is 14.4 Å². The van der Waals surface area contributed by atoms with Crippen molar-refractivity contribution in [1.29, 1.82) is 0 Å². The number of methoxy groups -OCH3 is 1. The molecule has 0 unspecified atom stereocenters. The van der Waals surface area contributed by atoms with Gasteiger partial charge in [0.05, 0.1) is 13.3 Å². The van der Waals surface area contributed by atoms with Gasteiger partial charge in [0.2, 0.25) is 0 Å². The van der Waals surface area contributed by atoms with Crippen LogP contribution in [0.2, 0.25) is 0 Å². The van der Waals surface area contributed by atoms with Crippen molar-refractivity contribution in [2.75, 3.05) is 25.1 Å². The zero-order chi connectivity index (χ0) is 24.7. The van der Waals surface area contributed by atoms with Crippen LogP contribution in [0.4, 0.5) is 5.69 Å². The molecule has 1 fully saturated rings. The smallest absolute Gasteiger partial charge is 0.271 e. The van der Waals surface area contributed by atoms with Gasteiger partial charge in [-0.25, -0.2) is 5.43 Å². The number of carbonyl (C=O) groups is 1. The normalized spacial score (nSPS) is 13.3. The highest BCUT2D eigenvalue weighted by molar-refractivity contribution is 5.95. The quantitative estimate of drug-likeness (QED) is 0.257. The largest absolute Gasteiger partial charge is 0.493 e. The number of nitrogens with zero attached hydrogens (tertiary/aromatic N) is 2. The number of fused-ring (bicyclic) bond motifs is 1. The number of anilines is 1. The molecule has 1 N–H and O–H groups in total. The predicted molar refractivity (Wildman–Crippen MR) is 144 cm³/mol. The van der Waals surface area contributed by atoms with Crippen LogP contribution in [0.5, 0.6) is 11.5 Å². The first-order valence-corrected chi connectivity index (χ1v) is 12.2. The van der Waals surface area contributed by atoms with Crippen LogP contribution in [0.3, 0.4) is 0 Å². The van der Waals surface area contributed by atoms with Gasteiger partial charge >= 0.3 is 0 Å². The molecule has 1 amide bonds. The summed E-state index contributed by atoms with van der Waals surface area (Å²) < 4.78 is 11.6. The van der Waals surface area contributed by atoms with E-state index < -0.39 is 0 Å². The summed E-state index contributed by atoms with van der Waals surface area (Å²) in [7, 11) is 1.61. The third-order valence-corrected chi connectivity index (χ3v) is 6.43. The lowest BCUT2D eigenvalue weighted by molar-refractivity contribution is 0.0955. The molecule has 0 spiro atoms. The van der Waals surface area contributed by atoms with E-state index in [1.807, 2.05) is 60.7 Å². The summed E-state index contributed by atoms with van der Waals surface area (Å²) in [6.45, 7) is 2.58. The van der Waals surface area contributed by atoms with Crippen LogP contribution < -0.4 is 19.8 Å². The highest BCUT2D eigenvalue weighted by Gasteiger charge is 2.13. The molecule has 1 aliphatic rings. The van der Waals surface area contributed by atoms with E-state index >= 15 is 0 Å². The first-order valence-electron chi connectivity index (χ1n) is 12.2. The molecule has 1 aliphatic heterocycles. The van der Waals surface area contributed by atoms with Crippen molar-refractivity contribution in [3.05, 3.63) is 102 Å². The minimum Gasteiger partial charge on any atom is -0.493 e. The number of carbonyl (C=O) groups excluding carboxylic acids is 1. The molecule has 36 heavy (non-hydrogen) atoms. The topological polar surface area (TPSA) is 63.2 Å². The molecule has 4 aromatic rings. The van der Waals surface area contributed by atoms with Crippen molar-refractivity contribution in [2.24, 2.45) is 5.10 Å². The van der Waals surface area contributed by atoms with Crippen LogP contribution in [-0.4, -0.2) is 32.3 Å². The highest BCUT2D eigenvalue weighted by Crippen LogP contribution is 2.29. The number of ether oxygens (including phenoxy) is 2. The fourth-order valence-electron chi connectivity index (χ4n) is 4.49. The number of rotatable bonds is 8. The van der Waals surface area contributed by atoms with Crippen LogP contribution >= 0.6 is 0 Å². The Kier molecular flexibility index (Phi) is 7.12. The van der Waals surface area contributed by atoms with Crippen molar-refractivity contribution in [2.45, 2.75) is 19.4 Å². The van der Waals surface area contributed by atoms with E-state index in [2.05, 4.69) is 39.7 Å². The van der Waals surface area contributed by atoms with Crippen molar-refractivity contribution in [3.8, 4) is 11.5 Å². The summed E-state index contributed by atoms with van der Waals surface area (Å²) in [6, 6.07) is 27.7. The van der Waals surface area contributed by atoms with Gasteiger partial charge in [-0.1, -0.05) is 42.5 Å². The Morgan fingerprint density at radius 1 is 0.944 bits per heavy atom. The molecule has 182 valence electrons. The number of hydrazone groups is 1. The van der Waals surface area contributed by atoms with E-state index in [0.29, 0.717) is 23.7 Å². The van der Waals surface area contributed by atoms with Crippen molar-refractivity contribution in [3.63, 3.8) is 0 Å². The molecule has 6 nitrogen and oxygen atoms in total. The summed E-state index contributed by atoms with van der Waals surface area (Å²) in [5.41, 5.74) is 6.22. The molecule has 0 bridgehead atoms. The van der Waals surface area contributed by atoms with E-state index in [1.165, 1.54) is 23.6 Å². The lowest BCUT2D eigenvalue weighted by atomic mass is 10.1. The second kappa shape index (κ2) is 11.0. The van der Waals surface area contributed by atoms with Gasteiger partial charge in [0.25, 0.3) is 5.91 Å². The summed E-state index contributed by atoms with van der Waals surface area (Å²) in [5, 5.41) is 6.47. The molecule has 1 heterocycles. The van der Waals surface area contributed by atoms with E-state index in [4.69, 9.17) is 9.47 Å². The third kappa shape index (κ3) is 5.33. The molecule has 0 aliphatic carbocycles. The molecule has 5 rings (SSSR count). The molecular formula is C30H29N3O3. The van der Waals surface area contributed by atoms with Gasteiger partial charge in [0.15, 0.2) is 11.5 Å². The summed E-state index contributed by atoms with van der Waals surface area (Å²) >= 11 is 0. The van der Waals surface area contributed by atoms with E-state index in [-0.39, 0.29) is 5.91 Å². The van der Waals surface area contributed by atoms with Crippen LogP contribution in [-0.2, 0) is 6.61 Å². The van der Waals surface area contributed by atoms with Crippen LogP contribution in [0.15, 0.2) is 90.0 Å². The minimum absolute atomic E-state index is 0.249. The second-order valence-electron chi connectivity index (χ2n) is 8.78. The van der Waals surface area contributed by atoms with Gasteiger partial charge in [-0.2, -0.15) is 5.10 Å². The van der Waals surface area contributed by atoms with Crippen molar-refractivity contribution in [1.82, 2.24) is 5.43 Å². The molecule has 6 heteroatoms. The summed E-state index contributed by atoms with van der Waals surface area (Å²) in [6.07, 6.45) is 4.03. The Labute approximate surface area is 211 Å². The number of amides is 1. The number of nitrogens with one attached hydrogen (secondary N) is 1. The Morgan fingerprint density at radius 3 is 2.53 bits per heavy atom. The van der Waals surface area contributed by atoms with Crippen LogP contribution in [0.25, 0.3) is 10.8 Å². The SMILES string of the molecule is COc1cc(/C=N\NC(=O)c2ccc(N3CCCC3)cc2)ccc1OCc1cccc2ccccc12. The number of hydrogen-bond acceptors (Lipinski definition) is 5. The standard InChI is InChI=1S/C30H29N3O3/c1-35-29-19-22(11-16-28(29)36-21-25-9-6-8-23-7-2-3-10-27(23)25)20-31-32-30(34)24-12-14-26(15-13-24)33-17-4-5-18-33/h2-3,6-16,19-20H,4-5,17-18,21H2,1H3,(H,32,34)/b31-20-. The monoisotopic (exact) mass is 479 g/mol. The zero-order valence-corrected chi connectivity index (χ0v) is 20.3. The maximum absolute atomic E-state index is 12.5. The lowest BCUT2D eigenvalue weighted by Gasteiger charge is -2.17. The van der Waals surface area contributed by atoms with E-state index in [1.54, 1.807) is 13.3 Å². The summed E-state index contributed by atoms with van der Waals surface area (Å²) in [5.74, 6) is 0.994. The Balaban J connectivity index is 1.20. The Morgan fingerprint density at radius 2 is 1.72 bits per heavy atom. The van der Waals surface area contributed by atoms with Crippen molar-refractivity contribution < 1.29 is 14.3 Å². The lowest BCUT2D eigenvalue weighted by Crippen LogP contribution is -2.19. The maximum atomic E-state index is 12.5. The fourth-order valence-corrected chi connectivity index (χ4v) is 4.49. The first kappa shape index (κ1) is 23.4. The zero-order valence-electron chi connectivity index (χ0n) is 20.3. The fraction of sp³-hybridized carbons (Fsp3) is 0.200. The van der Waals surface area contributed by atoms with Crippen molar-refractivity contribution >= 4 is 28.6 Å². The average Bonchev–Trinajstić information content (AvgIpc) is 3.47. The number of hydrogen-bond donors (Lipinski definition) is 1. The third-order valence-electron chi connectivity index (χ3n) is 6.43. The average molecular weight is 480 g/mol. The molecule has 4 aromatic carbocycles. The Bertz CT molecular complexity index is 1370. The van der Waals surface area contributed by atoms with Gasteiger partial charge in [0.1, 0.15) is 6.61 Å². The maximum Gasteiger partial charge on any atom is 0.271 e. The van der Waals surface area contributed by atoms with Gasteiger partial charge in [0, 0.05) is 24.3 Å². The summed E-state index contributed by atoms with van der Waals surface area (Å²) in [4.78, 5) is 14.8. The molecule has 0 radical (unpaired) electrons. The molecule has 0 atom stereocenters. The molecule has 0 saturated carbocycles. The van der Waals surface area contributed by atoms with E-state index in [0.717, 1.165) is 29.9 Å². The van der Waals surface area contributed by atoms with Crippen LogP contribution in [0, 0.1) is 0 Å². The van der Waals surface area contributed by atoms with Gasteiger partial charge in [-0.3, -0.25) is 4.79 Å². The number of benzene rings is 4.